The van der Waals surface area contributed by atoms with Crippen LogP contribution in [0.25, 0.3) is 21.8 Å². The second kappa shape index (κ2) is 5.82. The monoisotopic (exact) mass is 296 g/mol. The highest BCUT2D eigenvalue weighted by molar-refractivity contribution is 7.17. The zero-order valence-electron chi connectivity index (χ0n) is 11.0. The number of pyridine rings is 1. The Bertz CT molecular complexity index is 756. The van der Waals surface area contributed by atoms with Crippen molar-refractivity contribution in [1.29, 1.82) is 0 Å². The minimum Gasteiger partial charge on any atom is -0.289 e. The SMILES string of the molecule is NNC(=O)c1sc(-c2ccncc2)nc1-c1ccccc1. The molecule has 0 fully saturated rings. The lowest BCUT2D eigenvalue weighted by molar-refractivity contribution is 0.0958. The molecule has 0 bridgehead atoms. The second-order valence-corrected chi connectivity index (χ2v) is 5.27. The zero-order valence-corrected chi connectivity index (χ0v) is 11.8. The summed E-state index contributed by atoms with van der Waals surface area (Å²) < 4.78 is 0. The third-order valence-corrected chi connectivity index (χ3v) is 4.04. The van der Waals surface area contributed by atoms with Gasteiger partial charge in [0.15, 0.2) is 0 Å². The van der Waals surface area contributed by atoms with E-state index in [2.05, 4.69) is 15.4 Å². The van der Waals surface area contributed by atoms with Crippen molar-refractivity contribution in [2.24, 2.45) is 5.84 Å². The van der Waals surface area contributed by atoms with E-state index >= 15 is 0 Å². The third-order valence-electron chi connectivity index (χ3n) is 2.94. The maximum atomic E-state index is 12.0. The molecular weight excluding hydrogens is 284 g/mol. The second-order valence-electron chi connectivity index (χ2n) is 4.27. The van der Waals surface area contributed by atoms with Gasteiger partial charge in [-0.1, -0.05) is 30.3 Å². The van der Waals surface area contributed by atoms with Gasteiger partial charge in [-0.15, -0.1) is 11.3 Å². The highest BCUT2D eigenvalue weighted by Crippen LogP contribution is 2.33. The highest BCUT2D eigenvalue weighted by Gasteiger charge is 2.19. The third kappa shape index (κ3) is 2.67. The Morgan fingerprint density at radius 2 is 1.76 bits per heavy atom. The molecule has 104 valence electrons. The summed E-state index contributed by atoms with van der Waals surface area (Å²) in [6, 6.07) is 13.3. The van der Waals surface area contributed by atoms with Crippen LogP contribution in [-0.2, 0) is 0 Å². The summed E-state index contributed by atoms with van der Waals surface area (Å²) in [6.45, 7) is 0. The van der Waals surface area contributed by atoms with Gasteiger partial charge in [-0.2, -0.15) is 0 Å². The van der Waals surface area contributed by atoms with Gasteiger partial charge in [0, 0.05) is 23.5 Å². The number of hydrogen-bond acceptors (Lipinski definition) is 5. The Kier molecular flexibility index (Phi) is 3.72. The van der Waals surface area contributed by atoms with Gasteiger partial charge >= 0.3 is 0 Å². The quantitative estimate of drug-likeness (QED) is 0.442. The van der Waals surface area contributed by atoms with Crippen molar-refractivity contribution in [2.45, 2.75) is 0 Å². The van der Waals surface area contributed by atoms with Gasteiger partial charge in [-0.05, 0) is 12.1 Å². The van der Waals surface area contributed by atoms with Crippen molar-refractivity contribution in [1.82, 2.24) is 15.4 Å². The first kappa shape index (κ1) is 13.4. The predicted octanol–water partition coefficient (Wildman–Crippen LogP) is 2.48. The predicted molar refractivity (Wildman–Crippen MR) is 82.4 cm³/mol. The van der Waals surface area contributed by atoms with E-state index in [-0.39, 0.29) is 5.91 Å². The Hall–Kier alpha value is -2.57. The lowest BCUT2D eigenvalue weighted by Gasteiger charge is -2.00. The van der Waals surface area contributed by atoms with Crippen LogP contribution in [-0.4, -0.2) is 15.9 Å². The molecule has 0 unspecified atom stereocenters. The van der Waals surface area contributed by atoms with Gasteiger partial charge in [-0.3, -0.25) is 15.2 Å². The molecule has 2 heterocycles. The molecule has 21 heavy (non-hydrogen) atoms. The van der Waals surface area contributed by atoms with Crippen LogP contribution in [0.15, 0.2) is 54.9 Å². The van der Waals surface area contributed by atoms with Gasteiger partial charge in [0.05, 0.1) is 5.69 Å². The van der Waals surface area contributed by atoms with Crippen LogP contribution in [0, 0.1) is 0 Å². The Balaban J connectivity index is 2.14. The average Bonchev–Trinajstić information content (AvgIpc) is 3.01. The fraction of sp³-hybridized carbons (Fsp3) is 0. The summed E-state index contributed by atoms with van der Waals surface area (Å²) in [6.07, 6.45) is 3.39. The van der Waals surface area contributed by atoms with E-state index in [1.54, 1.807) is 12.4 Å². The van der Waals surface area contributed by atoms with E-state index in [0.29, 0.717) is 10.6 Å². The van der Waals surface area contributed by atoms with Gasteiger partial charge in [0.2, 0.25) is 0 Å². The number of hydrazine groups is 1. The Morgan fingerprint density at radius 1 is 1.05 bits per heavy atom. The number of hydrogen-bond donors (Lipinski definition) is 2. The van der Waals surface area contributed by atoms with E-state index in [4.69, 9.17) is 5.84 Å². The molecule has 3 N–H and O–H groups in total. The fourth-order valence-corrected chi connectivity index (χ4v) is 2.95. The lowest BCUT2D eigenvalue weighted by atomic mass is 10.1. The minimum atomic E-state index is -0.341. The number of carbonyl (C=O) groups is 1. The molecule has 0 saturated carbocycles. The van der Waals surface area contributed by atoms with Crippen LogP contribution in [0.4, 0.5) is 0 Å². The number of nitrogens with two attached hydrogens (primary N) is 1. The minimum absolute atomic E-state index is 0.341. The molecular formula is C15H12N4OS. The zero-order chi connectivity index (χ0) is 14.7. The summed E-state index contributed by atoms with van der Waals surface area (Å²) in [4.78, 5) is 21.1. The molecule has 0 spiro atoms. The molecule has 3 aromatic rings. The fourth-order valence-electron chi connectivity index (χ4n) is 1.95. The molecule has 1 amide bonds. The van der Waals surface area contributed by atoms with Crippen LogP contribution in [0.2, 0.25) is 0 Å². The van der Waals surface area contributed by atoms with E-state index in [1.807, 2.05) is 42.5 Å². The number of aromatic nitrogens is 2. The summed E-state index contributed by atoms with van der Waals surface area (Å²) in [5.74, 6) is 4.93. The molecule has 0 radical (unpaired) electrons. The number of thiazole rings is 1. The smallest absolute Gasteiger partial charge is 0.277 e. The number of amides is 1. The van der Waals surface area contributed by atoms with Crippen molar-refractivity contribution in [3.63, 3.8) is 0 Å². The molecule has 0 aliphatic heterocycles. The normalized spacial score (nSPS) is 10.3. The van der Waals surface area contributed by atoms with Crippen molar-refractivity contribution in [2.75, 3.05) is 0 Å². The van der Waals surface area contributed by atoms with Crippen molar-refractivity contribution in [3.05, 3.63) is 59.7 Å². The summed E-state index contributed by atoms with van der Waals surface area (Å²) in [5, 5.41) is 0.759. The molecule has 0 atom stereocenters. The topological polar surface area (TPSA) is 80.9 Å². The average molecular weight is 296 g/mol. The maximum Gasteiger partial charge on any atom is 0.277 e. The largest absolute Gasteiger partial charge is 0.289 e. The molecule has 5 nitrogen and oxygen atoms in total. The number of benzene rings is 1. The van der Waals surface area contributed by atoms with Crippen LogP contribution in [0.1, 0.15) is 9.67 Å². The summed E-state index contributed by atoms with van der Waals surface area (Å²) in [7, 11) is 0. The Labute approximate surface area is 125 Å². The van der Waals surface area contributed by atoms with Gasteiger partial charge in [0.1, 0.15) is 9.88 Å². The molecule has 6 heteroatoms. The van der Waals surface area contributed by atoms with Crippen molar-refractivity contribution < 1.29 is 4.79 Å². The van der Waals surface area contributed by atoms with Crippen LogP contribution < -0.4 is 11.3 Å². The van der Waals surface area contributed by atoms with Gasteiger partial charge < -0.3 is 0 Å². The van der Waals surface area contributed by atoms with E-state index in [0.717, 1.165) is 16.1 Å². The summed E-state index contributed by atoms with van der Waals surface area (Å²) in [5.41, 5.74) is 4.61. The first-order valence-corrected chi connectivity index (χ1v) is 7.09. The van der Waals surface area contributed by atoms with Crippen LogP contribution >= 0.6 is 11.3 Å². The molecule has 1 aromatic carbocycles. The number of nitrogens with zero attached hydrogens (tertiary/aromatic N) is 2. The lowest BCUT2D eigenvalue weighted by Crippen LogP contribution is -2.29. The van der Waals surface area contributed by atoms with E-state index in [1.165, 1.54) is 11.3 Å². The van der Waals surface area contributed by atoms with Crippen LogP contribution in [0.5, 0.6) is 0 Å². The van der Waals surface area contributed by atoms with Crippen LogP contribution in [0.3, 0.4) is 0 Å². The van der Waals surface area contributed by atoms with Crippen molar-refractivity contribution in [3.8, 4) is 21.8 Å². The van der Waals surface area contributed by atoms with Crippen molar-refractivity contribution >= 4 is 17.2 Å². The standard InChI is InChI=1S/C15H12N4OS/c16-19-14(20)13-12(10-4-2-1-3-5-10)18-15(21-13)11-6-8-17-9-7-11/h1-9H,16H2,(H,19,20). The number of nitrogens with one attached hydrogen (secondary N) is 1. The number of rotatable bonds is 3. The van der Waals surface area contributed by atoms with E-state index in [9.17, 15) is 4.79 Å². The number of carbonyl (C=O) groups excluding carboxylic acids is 1. The molecule has 3 rings (SSSR count). The molecule has 0 saturated heterocycles. The molecule has 0 aliphatic rings. The summed E-state index contributed by atoms with van der Waals surface area (Å²) >= 11 is 1.31. The molecule has 0 aliphatic carbocycles. The van der Waals surface area contributed by atoms with E-state index < -0.39 is 0 Å². The molecule has 2 aromatic heterocycles. The maximum absolute atomic E-state index is 12.0. The van der Waals surface area contributed by atoms with Gasteiger partial charge in [-0.25, -0.2) is 10.8 Å². The first-order chi connectivity index (χ1) is 10.3. The number of nitrogen functional groups attached to an aromatic ring is 1. The first-order valence-electron chi connectivity index (χ1n) is 6.27. The van der Waals surface area contributed by atoms with Gasteiger partial charge in [0.25, 0.3) is 5.91 Å². The Morgan fingerprint density at radius 3 is 2.43 bits per heavy atom. The highest BCUT2D eigenvalue weighted by atomic mass is 32.1.